The molecule has 0 bridgehead atoms. The zero-order valence-corrected chi connectivity index (χ0v) is 14.0. The topological polar surface area (TPSA) is 99.2 Å². The number of likely N-dealkylation sites (N-methyl/N-ethyl adjacent to an activating group) is 1. The van der Waals surface area contributed by atoms with Crippen LogP contribution in [-0.4, -0.2) is 45.6 Å². The zero-order valence-electron chi connectivity index (χ0n) is 14.0. The molecule has 0 heterocycles. The van der Waals surface area contributed by atoms with Gasteiger partial charge in [-0.2, -0.15) is 0 Å². The molecule has 0 saturated carbocycles. The molecule has 6 heteroatoms. The molecule has 0 aromatic carbocycles. The summed E-state index contributed by atoms with van der Waals surface area (Å²) in [6, 6.07) is 0. The van der Waals surface area contributed by atoms with E-state index in [-0.39, 0.29) is 18.3 Å². The molecule has 6 nitrogen and oxygen atoms in total. The van der Waals surface area contributed by atoms with Crippen LogP contribution in [0.25, 0.3) is 0 Å². The molecule has 0 spiro atoms. The van der Waals surface area contributed by atoms with E-state index in [1.165, 1.54) is 0 Å². The van der Waals surface area contributed by atoms with Crippen molar-refractivity contribution >= 4 is 11.7 Å². The molecular formula is C15H31N3O3. The molecule has 0 aromatic heterocycles. The molecule has 0 aliphatic rings. The van der Waals surface area contributed by atoms with Gasteiger partial charge in [-0.3, -0.25) is 4.79 Å². The standard InChI is InChI=1S/C15H31N3O3/c1-6-9-15(10-7-2,12(16)17-21)13(19)18(8-3)11-14(4,5)20/h20-21H,6-11H2,1-5H3,(H2,16,17). The summed E-state index contributed by atoms with van der Waals surface area (Å²) in [4.78, 5) is 14.6. The van der Waals surface area contributed by atoms with E-state index in [2.05, 4.69) is 5.16 Å². The number of oxime groups is 1. The largest absolute Gasteiger partial charge is 0.409 e. The second-order valence-corrected chi connectivity index (χ2v) is 6.20. The molecule has 0 atom stereocenters. The minimum atomic E-state index is -0.987. The van der Waals surface area contributed by atoms with Gasteiger partial charge in [-0.05, 0) is 33.6 Å². The lowest BCUT2D eigenvalue weighted by molar-refractivity contribution is -0.142. The Bertz CT molecular complexity index is 356. The van der Waals surface area contributed by atoms with Gasteiger partial charge in [0.15, 0.2) is 5.84 Å². The van der Waals surface area contributed by atoms with E-state index in [0.29, 0.717) is 19.4 Å². The highest BCUT2D eigenvalue weighted by Gasteiger charge is 2.44. The van der Waals surface area contributed by atoms with Crippen molar-refractivity contribution in [3.63, 3.8) is 0 Å². The Labute approximate surface area is 128 Å². The van der Waals surface area contributed by atoms with Crippen molar-refractivity contribution in [3.8, 4) is 0 Å². The average Bonchev–Trinajstić information content (AvgIpc) is 2.41. The van der Waals surface area contributed by atoms with Gasteiger partial charge in [-0.1, -0.05) is 31.8 Å². The Morgan fingerprint density at radius 1 is 1.19 bits per heavy atom. The summed E-state index contributed by atoms with van der Waals surface area (Å²) >= 11 is 0. The Morgan fingerprint density at radius 3 is 1.95 bits per heavy atom. The molecule has 1 amide bonds. The molecule has 0 aliphatic carbocycles. The van der Waals surface area contributed by atoms with Crippen molar-refractivity contribution in [1.82, 2.24) is 4.90 Å². The second-order valence-electron chi connectivity index (χ2n) is 6.20. The van der Waals surface area contributed by atoms with Gasteiger partial charge < -0.3 is 20.9 Å². The van der Waals surface area contributed by atoms with Crippen LogP contribution in [-0.2, 0) is 4.79 Å². The molecule has 0 fully saturated rings. The fourth-order valence-corrected chi connectivity index (χ4v) is 2.75. The third kappa shape index (κ3) is 5.19. The molecule has 4 N–H and O–H groups in total. The monoisotopic (exact) mass is 301 g/mol. The molecule has 124 valence electrons. The minimum Gasteiger partial charge on any atom is -0.409 e. The van der Waals surface area contributed by atoms with E-state index < -0.39 is 11.0 Å². The van der Waals surface area contributed by atoms with Crippen LogP contribution in [0.3, 0.4) is 0 Å². The Balaban J connectivity index is 5.62. The van der Waals surface area contributed by atoms with Gasteiger partial charge in [-0.25, -0.2) is 0 Å². The molecule has 0 saturated heterocycles. The van der Waals surface area contributed by atoms with Crippen molar-refractivity contribution < 1.29 is 15.1 Å². The van der Waals surface area contributed by atoms with Crippen LogP contribution in [0.2, 0.25) is 0 Å². The highest BCUT2D eigenvalue weighted by molar-refractivity contribution is 6.06. The summed E-state index contributed by atoms with van der Waals surface area (Å²) in [5, 5.41) is 22.2. The van der Waals surface area contributed by atoms with Crippen LogP contribution in [0.1, 0.15) is 60.3 Å². The molecule has 21 heavy (non-hydrogen) atoms. The molecule has 0 unspecified atom stereocenters. The predicted molar refractivity (Wildman–Crippen MR) is 84.2 cm³/mol. The van der Waals surface area contributed by atoms with Gasteiger partial charge in [0, 0.05) is 13.1 Å². The Morgan fingerprint density at radius 2 is 1.67 bits per heavy atom. The van der Waals surface area contributed by atoms with Crippen molar-refractivity contribution in [3.05, 3.63) is 0 Å². The molecule has 0 aromatic rings. The van der Waals surface area contributed by atoms with E-state index in [9.17, 15) is 9.90 Å². The average molecular weight is 301 g/mol. The number of amides is 1. The number of nitrogens with zero attached hydrogens (tertiary/aromatic N) is 2. The highest BCUT2D eigenvalue weighted by Crippen LogP contribution is 2.33. The van der Waals surface area contributed by atoms with Gasteiger partial charge in [0.05, 0.1) is 5.60 Å². The van der Waals surface area contributed by atoms with E-state index in [4.69, 9.17) is 10.9 Å². The molecule has 0 aliphatic heterocycles. The van der Waals surface area contributed by atoms with Crippen molar-refractivity contribution in [2.24, 2.45) is 16.3 Å². The number of hydrogen-bond acceptors (Lipinski definition) is 4. The van der Waals surface area contributed by atoms with Gasteiger partial charge in [0.25, 0.3) is 0 Å². The molecular weight excluding hydrogens is 270 g/mol. The smallest absolute Gasteiger partial charge is 0.236 e. The van der Waals surface area contributed by atoms with Gasteiger partial charge in [-0.15, -0.1) is 0 Å². The van der Waals surface area contributed by atoms with E-state index >= 15 is 0 Å². The number of aliphatic hydroxyl groups is 1. The summed E-state index contributed by atoms with van der Waals surface area (Å²) in [7, 11) is 0. The summed E-state index contributed by atoms with van der Waals surface area (Å²) in [6.45, 7) is 9.80. The SMILES string of the molecule is CCCC(CCC)(C(=O)N(CC)CC(C)(C)O)C(N)=NO. The Hall–Kier alpha value is -1.30. The quantitative estimate of drug-likeness (QED) is 0.262. The van der Waals surface area contributed by atoms with Crippen LogP contribution in [0.15, 0.2) is 5.16 Å². The number of hydrogen-bond donors (Lipinski definition) is 3. The fourth-order valence-electron chi connectivity index (χ4n) is 2.75. The fraction of sp³-hybridized carbons (Fsp3) is 0.867. The summed E-state index contributed by atoms with van der Waals surface area (Å²) in [6.07, 6.45) is 2.56. The zero-order chi connectivity index (χ0) is 16.7. The number of amidine groups is 1. The van der Waals surface area contributed by atoms with Crippen LogP contribution >= 0.6 is 0 Å². The summed E-state index contributed by atoms with van der Waals surface area (Å²) in [5.74, 6) is -0.212. The minimum absolute atomic E-state index is 0.0367. The van der Waals surface area contributed by atoms with Crippen molar-refractivity contribution in [2.45, 2.75) is 65.9 Å². The summed E-state index contributed by atoms with van der Waals surface area (Å²) in [5.41, 5.74) is 3.90. The van der Waals surface area contributed by atoms with Gasteiger partial charge in [0.2, 0.25) is 5.91 Å². The van der Waals surface area contributed by atoms with Crippen LogP contribution in [0.5, 0.6) is 0 Å². The number of carbonyl (C=O) groups is 1. The molecule has 0 rings (SSSR count). The second kappa shape index (κ2) is 8.22. The first-order valence-electron chi connectivity index (χ1n) is 7.68. The number of nitrogens with two attached hydrogens (primary N) is 1. The van der Waals surface area contributed by atoms with E-state index in [1.807, 2.05) is 20.8 Å². The normalized spacial score (nSPS) is 13.3. The third-order valence-corrected chi connectivity index (χ3v) is 3.61. The van der Waals surface area contributed by atoms with Gasteiger partial charge >= 0.3 is 0 Å². The first-order valence-corrected chi connectivity index (χ1v) is 7.68. The Kier molecular flexibility index (Phi) is 7.71. The lowest BCUT2D eigenvalue weighted by atomic mass is 9.76. The van der Waals surface area contributed by atoms with Crippen LogP contribution in [0.4, 0.5) is 0 Å². The molecule has 0 radical (unpaired) electrons. The van der Waals surface area contributed by atoms with Crippen LogP contribution in [0, 0.1) is 5.41 Å². The van der Waals surface area contributed by atoms with Crippen LogP contribution < -0.4 is 5.73 Å². The van der Waals surface area contributed by atoms with E-state index in [1.54, 1.807) is 18.7 Å². The maximum Gasteiger partial charge on any atom is 0.236 e. The lowest BCUT2D eigenvalue weighted by Crippen LogP contribution is -2.54. The number of carbonyl (C=O) groups excluding carboxylic acids is 1. The maximum atomic E-state index is 13.0. The first-order chi connectivity index (χ1) is 9.68. The van der Waals surface area contributed by atoms with Crippen molar-refractivity contribution in [2.75, 3.05) is 13.1 Å². The third-order valence-electron chi connectivity index (χ3n) is 3.61. The van der Waals surface area contributed by atoms with Gasteiger partial charge in [0.1, 0.15) is 5.41 Å². The number of rotatable bonds is 9. The van der Waals surface area contributed by atoms with Crippen molar-refractivity contribution in [1.29, 1.82) is 0 Å². The van der Waals surface area contributed by atoms with E-state index in [0.717, 1.165) is 12.8 Å². The predicted octanol–water partition coefficient (Wildman–Crippen LogP) is 1.94. The summed E-state index contributed by atoms with van der Waals surface area (Å²) < 4.78 is 0. The lowest BCUT2D eigenvalue weighted by Gasteiger charge is -2.38. The highest BCUT2D eigenvalue weighted by atomic mass is 16.4. The maximum absolute atomic E-state index is 13.0. The first kappa shape index (κ1) is 19.7.